The van der Waals surface area contributed by atoms with E-state index in [2.05, 4.69) is 28.2 Å². The molecule has 1 fully saturated rings. The van der Waals surface area contributed by atoms with E-state index in [4.69, 9.17) is 0 Å². The maximum absolute atomic E-state index is 10.9. The van der Waals surface area contributed by atoms with Crippen molar-refractivity contribution in [2.75, 3.05) is 5.32 Å². The minimum atomic E-state index is -0.337. The molecule has 4 nitrogen and oxygen atoms in total. The quantitative estimate of drug-likeness (QED) is 0.680. The molecule has 0 radical (unpaired) electrons. The van der Waals surface area contributed by atoms with Gasteiger partial charge in [-0.05, 0) is 47.7 Å². The summed E-state index contributed by atoms with van der Waals surface area (Å²) in [5.41, 5.74) is 1.66. The topological polar surface area (TPSA) is 55.2 Å². The van der Waals surface area contributed by atoms with Crippen LogP contribution >= 0.6 is 15.9 Å². The molecule has 0 spiro atoms. The number of anilines is 1. The van der Waals surface area contributed by atoms with Gasteiger partial charge in [0.15, 0.2) is 0 Å². The highest BCUT2D eigenvalue weighted by Crippen LogP contribution is 2.35. The molecule has 17 heavy (non-hydrogen) atoms. The fourth-order valence-electron chi connectivity index (χ4n) is 2.21. The zero-order chi connectivity index (χ0) is 12.6. The van der Waals surface area contributed by atoms with Crippen molar-refractivity contribution >= 4 is 27.3 Å². The van der Waals surface area contributed by atoms with Crippen LogP contribution in [0.4, 0.5) is 11.4 Å². The molecule has 0 heterocycles. The second-order valence-electron chi connectivity index (χ2n) is 4.79. The maximum Gasteiger partial charge on any atom is 0.274 e. The third-order valence-electron chi connectivity index (χ3n) is 3.22. The zero-order valence-electron chi connectivity index (χ0n) is 9.87. The molecular weight excluding hydrogens is 284 g/mol. The highest BCUT2D eigenvalue weighted by atomic mass is 79.9. The number of halogens is 1. The van der Waals surface area contributed by atoms with Crippen molar-refractivity contribution in [3.63, 3.8) is 0 Å². The summed E-state index contributed by atoms with van der Waals surface area (Å²) in [5, 5.41) is 14.2. The van der Waals surface area contributed by atoms with E-state index in [0.717, 1.165) is 28.9 Å². The molecule has 0 atom stereocenters. The number of nitro groups is 1. The monoisotopic (exact) mass is 298 g/mol. The summed E-state index contributed by atoms with van der Waals surface area (Å²) in [7, 11) is 0. The summed E-state index contributed by atoms with van der Waals surface area (Å²) in [4.78, 5) is 10.5. The van der Waals surface area contributed by atoms with Crippen LogP contribution < -0.4 is 5.32 Å². The van der Waals surface area contributed by atoms with E-state index in [1.165, 1.54) is 0 Å². The van der Waals surface area contributed by atoms with Gasteiger partial charge in [0.25, 0.3) is 5.69 Å². The minimum absolute atomic E-state index is 0.170. The second-order valence-corrected chi connectivity index (χ2v) is 5.65. The Balaban J connectivity index is 2.21. The Bertz CT molecular complexity index is 456. The Kier molecular flexibility index (Phi) is 3.38. The Morgan fingerprint density at radius 1 is 1.47 bits per heavy atom. The fourth-order valence-corrected chi connectivity index (χ4v) is 2.78. The number of benzene rings is 1. The van der Waals surface area contributed by atoms with Gasteiger partial charge in [0.1, 0.15) is 0 Å². The van der Waals surface area contributed by atoms with E-state index in [-0.39, 0.29) is 10.6 Å². The first kappa shape index (κ1) is 12.4. The average Bonchev–Trinajstić information content (AvgIpc) is 2.18. The van der Waals surface area contributed by atoms with Crippen LogP contribution in [0.2, 0.25) is 0 Å². The molecule has 5 heteroatoms. The Morgan fingerprint density at radius 3 is 2.65 bits per heavy atom. The van der Waals surface area contributed by atoms with E-state index < -0.39 is 0 Å². The lowest BCUT2D eigenvalue weighted by Gasteiger charge is -2.34. The van der Waals surface area contributed by atoms with Crippen LogP contribution in [0.25, 0.3) is 0 Å². The van der Waals surface area contributed by atoms with Crippen molar-refractivity contribution in [1.29, 1.82) is 0 Å². The minimum Gasteiger partial charge on any atom is -0.381 e. The molecule has 0 bridgehead atoms. The van der Waals surface area contributed by atoms with E-state index in [1.807, 2.05) is 0 Å². The normalized spacial score (nSPS) is 23.0. The lowest BCUT2D eigenvalue weighted by Crippen LogP contribution is -2.33. The predicted molar refractivity (Wildman–Crippen MR) is 71.3 cm³/mol. The van der Waals surface area contributed by atoms with Gasteiger partial charge in [-0.3, -0.25) is 10.1 Å². The smallest absolute Gasteiger partial charge is 0.274 e. The third kappa shape index (κ3) is 2.60. The summed E-state index contributed by atoms with van der Waals surface area (Å²) in [5.74, 6) is 0.756. The van der Waals surface area contributed by atoms with Gasteiger partial charge >= 0.3 is 0 Å². The van der Waals surface area contributed by atoms with Crippen molar-refractivity contribution in [2.45, 2.75) is 32.7 Å². The standard InChI is InChI=1S/C12H15BrN2O2/c1-7-3-9(4-7)14-11-6-12(15(16)17)8(2)5-10(11)13/h5-7,9,14H,3-4H2,1-2H3. The number of rotatable bonds is 3. The van der Waals surface area contributed by atoms with Crippen molar-refractivity contribution in [3.05, 3.63) is 32.3 Å². The van der Waals surface area contributed by atoms with E-state index in [1.54, 1.807) is 19.1 Å². The highest BCUT2D eigenvalue weighted by molar-refractivity contribution is 9.10. The van der Waals surface area contributed by atoms with Crippen LogP contribution in [-0.4, -0.2) is 11.0 Å². The molecule has 92 valence electrons. The lowest BCUT2D eigenvalue weighted by molar-refractivity contribution is -0.385. The summed E-state index contributed by atoms with van der Waals surface area (Å²) >= 11 is 3.44. The van der Waals surface area contributed by atoms with Gasteiger partial charge in [0, 0.05) is 22.1 Å². The molecule has 1 aromatic carbocycles. The number of aryl methyl sites for hydroxylation is 1. The number of hydrogen-bond donors (Lipinski definition) is 1. The van der Waals surface area contributed by atoms with E-state index in [9.17, 15) is 10.1 Å². The number of nitro benzene ring substituents is 1. The first-order valence-electron chi connectivity index (χ1n) is 5.68. The Hall–Kier alpha value is -1.10. The van der Waals surface area contributed by atoms with Gasteiger partial charge in [-0.25, -0.2) is 0 Å². The molecule has 0 aliphatic heterocycles. The molecule has 0 unspecified atom stereocenters. The van der Waals surface area contributed by atoms with Crippen molar-refractivity contribution < 1.29 is 4.92 Å². The molecular formula is C12H15BrN2O2. The fraction of sp³-hybridized carbons (Fsp3) is 0.500. The Morgan fingerprint density at radius 2 is 2.12 bits per heavy atom. The van der Waals surface area contributed by atoms with Gasteiger partial charge < -0.3 is 5.32 Å². The average molecular weight is 299 g/mol. The molecule has 2 rings (SSSR count). The van der Waals surface area contributed by atoms with Crippen molar-refractivity contribution in [3.8, 4) is 0 Å². The van der Waals surface area contributed by atoms with Crippen LogP contribution in [0.3, 0.4) is 0 Å². The Labute approximate surface area is 109 Å². The number of hydrogen-bond acceptors (Lipinski definition) is 3. The highest BCUT2D eigenvalue weighted by Gasteiger charge is 2.26. The number of nitrogens with one attached hydrogen (secondary N) is 1. The third-order valence-corrected chi connectivity index (χ3v) is 3.87. The molecule has 1 aliphatic carbocycles. The van der Waals surface area contributed by atoms with Crippen LogP contribution in [0.1, 0.15) is 25.3 Å². The lowest BCUT2D eigenvalue weighted by atomic mass is 9.82. The molecule has 1 aromatic rings. The largest absolute Gasteiger partial charge is 0.381 e. The van der Waals surface area contributed by atoms with Gasteiger partial charge in [-0.2, -0.15) is 0 Å². The van der Waals surface area contributed by atoms with Gasteiger partial charge in [-0.1, -0.05) is 6.92 Å². The van der Waals surface area contributed by atoms with Gasteiger partial charge in [0.2, 0.25) is 0 Å². The zero-order valence-corrected chi connectivity index (χ0v) is 11.5. The van der Waals surface area contributed by atoms with Gasteiger partial charge in [-0.15, -0.1) is 0 Å². The summed E-state index contributed by atoms with van der Waals surface area (Å²) < 4.78 is 0.889. The van der Waals surface area contributed by atoms with E-state index >= 15 is 0 Å². The molecule has 1 N–H and O–H groups in total. The van der Waals surface area contributed by atoms with Crippen LogP contribution in [0.5, 0.6) is 0 Å². The summed E-state index contributed by atoms with van der Waals surface area (Å²) in [6.45, 7) is 3.96. The summed E-state index contributed by atoms with van der Waals surface area (Å²) in [6.07, 6.45) is 2.27. The van der Waals surface area contributed by atoms with Crippen LogP contribution in [-0.2, 0) is 0 Å². The molecule has 1 aliphatic rings. The van der Waals surface area contributed by atoms with Crippen molar-refractivity contribution in [2.24, 2.45) is 5.92 Å². The van der Waals surface area contributed by atoms with Gasteiger partial charge in [0.05, 0.1) is 10.6 Å². The maximum atomic E-state index is 10.9. The molecule has 0 aromatic heterocycles. The van der Waals surface area contributed by atoms with Crippen molar-refractivity contribution in [1.82, 2.24) is 0 Å². The molecule has 0 amide bonds. The first-order chi connectivity index (χ1) is 7.97. The van der Waals surface area contributed by atoms with Crippen LogP contribution in [0.15, 0.2) is 16.6 Å². The SMILES string of the molecule is Cc1cc(Br)c(NC2CC(C)C2)cc1[N+](=O)[O-]. The number of nitrogens with zero attached hydrogens (tertiary/aromatic N) is 1. The summed E-state index contributed by atoms with van der Waals surface area (Å²) in [6, 6.07) is 3.86. The van der Waals surface area contributed by atoms with Crippen LogP contribution in [0, 0.1) is 23.0 Å². The first-order valence-corrected chi connectivity index (χ1v) is 6.47. The molecule has 1 saturated carbocycles. The predicted octanol–water partition coefficient (Wildman–Crippen LogP) is 3.88. The van der Waals surface area contributed by atoms with E-state index in [0.29, 0.717) is 11.6 Å². The second kappa shape index (κ2) is 4.64. The molecule has 0 saturated heterocycles.